The monoisotopic (exact) mass is 260 g/mol. The van der Waals surface area contributed by atoms with E-state index in [1.165, 1.54) is 11.3 Å². The van der Waals surface area contributed by atoms with Crippen LogP contribution in [-0.2, 0) is 9.53 Å². The van der Waals surface area contributed by atoms with Gasteiger partial charge in [-0.15, -0.1) is 0 Å². The second-order valence-corrected chi connectivity index (χ2v) is 5.20. The zero-order valence-corrected chi connectivity index (χ0v) is 11.1. The van der Waals surface area contributed by atoms with Crippen LogP contribution < -0.4 is 5.32 Å². The molecule has 1 unspecified atom stereocenters. The van der Waals surface area contributed by atoms with Crippen LogP contribution in [0.2, 0.25) is 0 Å². The number of carbonyl (C=O) groups excluding carboxylic acids is 1. The molecule has 1 fully saturated rings. The molecule has 1 N–H and O–H groups in total. The van der Waals surface area contributed by atoms with Crippen molar-refractivity contribution in [2.45, 2.75) is 18.8 Å². The number of rotatable bonds is 3. The fourth-order valence-corrected chi connectivity index (χ4v) is 2.88. The SMILES string of the molecule is O=C(CCC1CNc2ccccc21)N1CCOCC1. The van der Waals surface area contributed by atoms with E-state index in [0.717, 1.165) is 26.1 Å². The molecule has 1 aromatic rings. The van der Waals surface area contributed by atoms with Crippen molar-refractivity contribution in [3.05, 3.63) is 29.8 Å². The molecule has 4 nitrogen and oxygen atoms in total. The Morgan fingerprint density at radius 2 is 2.11 bits per heavy atom. The van der Waals surface area contributed by atoms with Crippen LogP contribution in [0, 0.1) is 0 Å². The summed E-state index contributed by atoms with van der Waals surface area (Å²) in [5, 5.41) is 3.41. The van der Waals surface area contributed by atoms with Gasteiger partial charge in [0.1, 0.15) is 0 Å². The van der Waals surface area contributed by atoms with Gasteiger partial charge in [0.05, 0.1) is 13.2 Å². The first kappa shape index (κ1) is 12.5. The minimum atomic E-state index is 0.271. The number of hydrogen-bond acceptors (Lipinski definition) is 3. The number of benzene rings is 1. The number of fused-ring (bicyclic) bond motifs is 1. The van der Waals surface area contributed by atoms with Gasteiger partial charge >= 0.3 is 0 Å². The normalized spacial score (nSPS) is 21.9. The molecule has 2 aliphatic rings. The van der Waals surface area contributed by atoms with Crippen molar-refractivity contribution in [3.8, 4) is 0 Å². The molecular formula is C15H20N2O2. The average Bonchev–Trinajstić information content (AvgIpc) is 2.89. The molecule has 102 valence electrons. The third-order valence-corrected chi connectivity index (χ3v) is 4.01. The predicted molar refractivity (Wildman–Crippen MR) is 74.3 cm³/mol. The summed E-state index contributed by atoms with van der Waals surface area (Å²) in [6.07, 6.45) is 1.57. The lowest BCUT2D eigenvalue weighted by atomic mass is 9.96. The molecule has 0 aromatic heterocycles. The predicted octanol–water partition coefficient (Wildman–Crippen LogP) is 1.83. The third-order valence-electron chi connectivity index (χ3n) is 4.01. The zero-order chi connectivity index (χ0) is 13.1. The van der Waals surface area contributed by atoms with Crippen molar-refractivity contribution >= 4 is 11.6 Å². The summed E-state index contributed by atoms with van der Waals surface area (Å²) in [4.78, 5) is 14.0. The zero-order valence-electron chi connectivity index (χ0n) is 11.1. The Bertz CT molecular complexity index is 455. The molecule has 2 heterocycles. The highest BCUT2D eigenvalue weighted by atomic mass is 16.5. The van der Waals surface area contributed by atoms with Gasteiger partial charge in [-0.05, 0) is 18.1 Å². The van der Waals surface area contributed by atoms with Crippen LogP contribution in [0.3, 0.4) is 0 Å². The summed E-state index contributed by atoms with van der Waals surface area (Å²) in [5.74, 6) is 0.744. The Kier molecular flexibility index (Phi) is 3.69. The van der Waals surface area contributed by atoms with Gasteiger partial charge in [0.25, 0.3) is 0 Å². The number of morpholine rings is 1. The van der Waals surface area contributed by atoms with Gasteiger partial charge in [0.2, 0.25) is 5.91 Å². The third kappa shape index (κ3) is 2.73. The molecule has 1 aromatic carbocycles. The van der Waals surface area contributed by atoms with E-state index >= 15 is 0 Å². The van der Waals surface area contributed by atoms with E-state index in [0.29, 0.717) is 25.6 Å². The molecule has 0 spiro atoms. The molecule has 0 saturated carbocycles. The lowest BCUT2D eigenvalue weighted by Gasteiger charge is -2.27. The molecule has 0 bridgehead atoms. The first-order chi connectivity index (χ1) is 9.34. The first-order valence-corrected chi connectivity index (χ1v) is 7.03. The molecule has 1 atom stereocenters. The number of para-hydroxylation sites is 1. The molecule has 0 aliphatic carbocycles. The number of nitrogens with zero attached hydrogens (tertiary/aromatic N) is 1. The van der Waals surface area contributed by atoms with Crippen LogP contribution in [0.15, 0.2) is 24.3 Å². The first-order valence-electron chi connectivity index (χ1n) is 7.03. The van der Waals surface area contributed by atoms with Gasteiger partial charge in [0, 0.05) is 37.7 Å². The Morgan fingerprint density at radius 3 is 2.95 bits per heavy atom. The second-order valence-electron chi connectivity index (χ2n) is 5.20. The van der Waals surface area contributed by atoms with E-state index in [1.807, 2.05) is 11.0 Å². The highest BCUT2D eigenvalue weighted by Gasteiger charge is 2.23. The van der Waals surface area contributed by atoms with E-state index in [-0.39, 0.29) is 5.91 Å². The Morgan fingerprint density at radius 1 is 1.32 bits per heavy atom. The lowest BCUT2D eigenvalue weighted by molar-refractivity contribution is -0.135. The number of anilines is 1. The fourth-order valence-electron chi connectivity index (χ4n) is 2.88. The Balaban J connectivity index is 1.54. The Labute approximate surface area is 113 Å². The number of carbonyl (C=O) groups is 1. The maximum atomic E-state index is 12.1. The molecule has 1 saturated heterocycles. The van der Waals surface area contributed by atoms with Crippen molar-refractivity contribution in [1.29, 1.82) is 0 Å². The van der Waals surface area contributed by atoms with Crippen LogP contribution >= 0.6 is 0 Å². The van der Waals surface area contributed by atoms with Crippen molar-refractivity contribution in [1.82, 2.24) is 4.90 Å². The molecular weight excluding hydrogens is 240 g/mol. The number of nitrogens with one attached hydrogen (secondary N) is 1. The second kappa shape index (κ2) is 5.61. The van der Waals surface area contributed by atoms with Crippen LogP contribution in [0.25, 0.3) is 0 Å². The summed E-state index contributed by atoms with van der Waals surface area (Å²) >= 11 is 0. The molecule has 2 aliphatic heterocycles. The summed E-state index contributed by atoms with van der Waals surface area (Å²) in [7, 11) is 0. The van der Waals surface area contributed by atoms with Crippen molar-refractivity contribution in [3.63, 3.8) is 0 Å². The van der Waals surface area contributed by atoms with E-state index in [2.05, 4.69) is 23.5 Å². The van der Waals surface area contributed by atoms with E-state index in [9.17, 15) is 4.79 Å². The van der Waals surface area contributed by atoms with Crippen LogP contribution in [0.1, 0.15) is 24.3 Å². The van der Waals surface area contributed by atoms with Crippen molar-refractivity contribution < 1.29 is 9.53 Å². The smallest absolute Gasteiger partial charge is 0.222 e. The number of amides is 1. The van der Waals surface area contributed by atoms with Crippen LogP contribution in [0.4, 0.5) is 5.69 Å². The van der Waals surface area contributed by atoms with E-state index < -0.39 is 0 Å². The molecule has 0 radical (unpaired) electrons. The summed E-state index contributed by atoms with van der Waals surface area (Å²) in [6.45, 7) is 3.81. The highest BCUT2D eigenvalue weighted by Crippen LogP contribution is 2.33. The minimum absolute atomic E-state index is 0.271. The number of hydrogen-bond donors (Lipinski definition) is 1. The number of ether oxygens (including phenoxy) is 1. The quantitative estimate of drug-likeness (QED) is 0.901. The molecule has 1 amide bonds. The fraction of sp³-hybridized carbons (Fsp3) is 0.533. The Hall–Kier alpha value is -1.55. The van der Waals surface area contributed by atoms with Gasteiger partial charge in [-0.3, -0.25) is 4.79 Å². The topological polar surface area (TPSA) is 41.6 Å². The highest BCUT2D eigenvalue weighted by molar-refractivity contribution is 5.76. The summed E-state index contributed by atoms with van der Waals surface area (Å²) < 4.78 is 5.27. The van der Waals surface area contributed by atoms with Gasteiger partial charge in [0.15, 0.2) is 0 Å². The summed E-state index contributed by atoms with van der Waals surface area (Å²) in [6, 6.07) is 8.40. The minimum Gasteiger partial charge on any atom is -0.384 e. The van der Waals surface area contributed by atoms with Crippen molar-refractivity contribution in [2.24, 2.45) is 0 Å². The maximum absolute atomic E-state index is 12.1. The van der Waals surface area contributed by atoms with E-state index in [4.69, 9.17) is 4.74 Å². The lowest BCUT2D eigenvalue weighted by Crippen LogP contribution is -2.40. The van der Waals surface area contributed by atoms with Crippen LogP contribution in [0.5, 0.6) is 0 Å². The average molecular weight is 260 g/mol. The van der Waals surface area contributed by atoms with E-state index in [1.54, 1.807) is 0 Å². The van der Waals surface area contributed by atoms with Gasteiger partial charge in [-0.1, -0.05) is 18.2 Å². The molecule has 3 rings (SSSR count). The van der Waals surface area contributed by atoms with Gasteiger partial charge in [-0.2, -0.15) is 0 Å². The molecule has 19 heavy (non-hydrogen) atoms. The van der Waals surface area contributed by atoms with Gasteiger partial charge < -0.3 is 15.0 Å². The molecule has 4 heteroatoms. The maximum Gasteiger partial charge on any atom is 0.222 e. The largest absolute Gasteiger partial charge is 0.384 e. The van der Waals surface area contributed by atoms with Crippen molar-refractivity contribution in [2.75, 3.05) is 38.2 Å². The summed E-state index contributed by atoms with van der Waals surface area (Å²) in [5.41, 5.74) is 2.59. The van der Waals surface area contributed by atoms with Gasteiger partial charge in [-0.25, -0.2) is 0 Å². The standard InChI is InChI=1S/C15H20N2O2/c18-15(17-7-9-19-10-8-17)6-5-12-11-16-14-4-2-1-3-13(12)14/h1-4,12,16H,5-11H2. The van der Waals surface area contributed by atoms with Crippen LogP contribution in [-0.4, -0.2) is 43.7 Å².